The number of benzene rings is 2. The number of thioether (sulfide) groups is 1. The largest absolute Gasteiger partial charge is 0.497 e. The minimum absolute atomic E-state index is 0.0577. The monoisotopic (exact) mass is 440 g/mol. The highest BCUT2D eigenvalue weighted by Gasteiger charge is 2.15. The van der Waals surface area contributed by atoms with Gasteiger partial charge in [-0.1, -0.05) is 43.3 Å². The van der Waals surface area contributed by atoms with Gasteiger partial charge in [0.25, 0.3) is 0 Å². The molecule has 1 aromatic heterocycles. The number of hydrogen-bond acceptors (Lipinski definition) is 6. The number of amides is 1. The Labute approximate surface area is 187 Å². The van der Waals surface area contributed by atoms with Crippen molar-refractivity contribution in [2.75, 3.05) is 26.0 Å². The highest BCUT2D eigenvalue weighted by molar-refractivity contribution is 7.99. The first-order chi connectivity index (χ1) is 15.2. The molecule has 1 heterocycles. The smallest absolute Gasteiger partial charge is 0.230 e. The van der Waals surface area contributed by atoms with E-state index >= 15 is 0 Å². The van der Waals surface area contributed by atoms with Gasteiger partial charge in [0.1, 0.15) is 18.1 Å². The van der Waals surface area contributed by atoms with Crippen molar-refractivity contribution in [3.63, 3.8) is 0 Å². The maximum Gasteiger partial charge on any atom is 0.230 e. The maximum atomic E-state index is 12.2. The molecule has 2 aromatic carbocycles. The lowest BCUT2D eigenvalue weighted by molar-refractivity contribution is -0.118. The molecule has 164 valence electrons. The summed E-state index contributed by atoms with van der Waals surface area (Å²) in [5.41, 5.74) is 0.971. The fraction of sp³-hybridized carbons (Fsp3) is 0.348. The molecular weight excluding hydrogens is 412 g/mol. The molecule has 0 aliphatic carbocycles. The molecule has 0 unspecified atom stereocenters. The van der Waals surface area contributed by atoms with Crippen molar-refractivity contribution in [3.05, 3.63) is 54.6 Å². The summed E-state index contributed by atoms with van der Waals surface area (Å²) in [6.07, 6.45) is 2.07. The van der Waals surface area contributed by atoms with Crippen LogP contribution < -0.4 is 14.8 Å². The van der Waals surface area contributed by atoms with Crippen LogP contribution in [0.5, 0.6) is 11.5 Å². The lowest BCUT2D eigenvalue weighted by Gasteiger charge is -2.10. The Hall–Kier alpha value is -3.00. The summed E-state index contributed by atoms with van der Waals surface area (Å²) in [5.74, 6) is 2.61. The highest BCUT2D eigenvalue weighted by atomic mass is 32.2. The Morgan fingerprint density at radius 1 is 1.06 bits per heavy atom. The van der Waals surface area contributed by atoms with Gasteiger partial charge in [-0.3, -0.25) is 4.79 Å². The van der Waals surface area contributed by atoms with E-state index < -0.39 is 0 Å². The topological polar surface area (TPSA) is 78.3 Å². The molecule has 0 bridgehead atoms. The maximum absolute atomic E-state index is 12.2. The van der Waals surface area contributed by atoms with Crippen LogP contribution in [0.15, 0.2) is 59.8 Å². The number of aromatic nitrogens is 3. The fourth-order valence-corrected chi connectivity index (χ4v) is 3.72. The van der Waals surface area contributed by atoms with E-state index in [4.69, 9.17) is 9.47 Å². The van der Waals surface area contributed by atoms with Crippen LogP contribution in [0.1, 0.15) is 19.8 Å². The normalized spacial score (nSPS) is 10.6. The number of hydrogen-bond donors (Lipinski definition) is 1. The van der Waals surface area contributed by atoms with Gasteiger partial charge in [-0.2, -0.15) is 0 Å². The summed E-state index contributed by atoms with van der Waals surface area (Å²) in [7, 11) is 1.65. The quantitative estimate of drug-likeness (QED) is 0.338. The SMILES string of the molecule is CCCCn1c(SCC(=O)NCCOc2ccccc2)nnc1-c1ccc(OC)cc1. The number of methoxy groups -OCH3 is 1. The molecule has 0 radical (unpaired) electrons. The average molecular weight is 441 g/mol. The minimum Gasteiger partial charge on any atom is -0.497 e. The van der Waals surface area contributed by atoms with Gasteiger partial charge in [-0.25, -0.2) is 0 Å². The van der Waals surface area contributed by atoms with Crippen LogP contribution in [0.4, 0.5) is 0 Å². The van der Waals surface area contributed by atoms with Gasteiger partial charge >= 0.3 is 0 Å². The first-order valence-electron chi connectivity index (χ1n) is 10.4. The predicted molar refractivity (Wildman–Crippen MR) is 123 cm³/mol. The molecule has 7 nitrogen and oxygen atoms in total. The molecule has 0 saturated carbocycles. The molecular formula is C23H28N4O3S. The molecule has 0 fully saturated rings. The van der Waals surface area contributed by atoms with Gasteiger partial charge in [0.2, 0.25) is 5.91 Å². The first-order valence-corrected chi connectivity index (χ1v) is 11.3. The second kappa shape index (κ2) is 12.0. The van der Waals surface area contributed by atoms with Gasteiger partial charge in [0.15, 0.2) is 11.0 Å². The van der Waals surface area contributed by atoms with Crippen molar-refractivity contribution in [1.29, 1.82) is 0 Å². The van der Waals surface area contributed by atoms with E-state index in [9.17, 15) is 4.79 Å². The Balaban J connectivity index is 1.54. The Bertz CT molecular complexity index is 945. The molecule has 0 atom stereocenters. The van der Waals surface area contributed by atoms with E-state index in [2.05, 4.69) is 27.0 Å². The molecule has 0 aliphatic heterocycles. The number of unbranched alkanes of at least 4 members (excludes halogenated alkanes) is 1. The zero-order valence-electron chi connectivity index (χ0n) is 17.9. The number of nitrogens with zero attached hydrogens (tertiary/aromatic N) is 3. The van der Waals surface area contributed by atoms with Crippen molar-refractivity contribution in [2.45, 2.75) is 31.5 Å². The summed E-state index contributed by atoms with van der Waals surface area (Å²) >= 11 is 1.39. The zero-order valence-corrected chi connectivity index (χ0v) is 18.7. The summed E-state index contributed by atoms with van der Waals surface area (Å²) in [6, 6.07) is 17.3. The van der Waals surface area contributed by atoms with Crippen LogP contribution in [0.25, 0.3) is 11.4 Å². The van der Waals surface area contributed by atoms with Gasteiger partial charge < -0.3 is 19.4 Å². The second-order valence-electron chi connectivity index (χ2n) is 6.84. The summed E-state index contributed by atoms with van der Waals surface area (Å²) in [4.78, 5) is 12.2. The molecule has 8 heteroatoms. The Morgan fingerprint density at radius 3 is 2.55 bits per heavy atom. The average Bonchev–Trinajstić information content (AvgIpc) is 3.22. The van der Waals surface area contributed by atoms with Crippen LogP contribution in [-0.4, -0.2) is 46.7 Å². The van der Waals surface area contributed by atoms with Crippen LogP contribution in [-0.2, 0) is 11.3 Å². The van der Waals surface area contributed by atoms with Gasteiger partial charge in [0, 0.05) is 12.1 Å². The Kier molecular flexibility index (Phi) is 8.78. The number of nitrogens with one attached hydrogen (secondary N) is 1. The third kappa shape index (κ3) is 6.75. The molecule has 0 saturated heterocycles. The third-order valence-corrected chi connectivity index (χ3v) is 5.54. The molecule has 1 amide bonds. The number of rotatable bonds is 12. The predicted octanol–water partition coefficient (Wildman–Crippen LogP) is 4.04. The standard InChI is InChI=1S/C23H28N4O3S/c1-3-4-15-27-22(18-10-12-19(29-2)13-11-18)25-26-23(27)31-17-21(28)24-14-16-30-20-8-6-5-7-9-20/h5-13H,3-4,14-17H2,1-2H3,(H,24,28). The molecule has 3 aromatic rings. The number of para-hydroxylation sites is 1. The molecule has 3 rings (SSSR count). The summed E-state index contributed by atoms with van der Waals surface area (Å²) < 4.78 is 12.9. The number of carbonyl (C=O) groups is 1. The zero-order chi connectivity index (χ0) is 21.9. The lowest BCUT2D eigenvalue weighted by Crippen LogP contribution is -2.29. The first kappa shape index (κ1) is 22.7. The van der Waals surface area contributed by atoms with E-state index in [0.717, 1.165) is 47.4 Å². The summed E-state index contributed by atoms with van der Waals surface area (Å²) in [6.45, 7) is 3.83. The fourth-order valence-electron chi connectivity index (χ4n) is 2.92. The van der Waals surface area contributed by atoms with Crippen molar-refractivity contribution in [1.82, 2.24) is 20.1 Å². The number of carbonyl (C=O) groups excluding carboxylic acids is 1. The van der Waals surface area contributed by atoms with Crippen molar-refractivity contribution in [2.24, 2.45) is 0 Å². The van der Waals surface area contributed by atoms with Crippen molar-refractivity contribution < 1.29 is 14.3 Å². The van der Waals surface area contributed by atoms with Crippen LogP contribution in [0, 0.1) is 0 Å². The van der Waals surface area contributed by atoms with E-state index in [1.165, 1.54) is 11.8 Å². The van der Waals surface area contributed by atoms with E-state index in [-0.39, 0.29) is 11.7 Å². The minimum atomic E-state index is -0.0577. The van der Waals surface area contributed by atoms with Crippen LogP contribution in [0.2, 0.25) is 0 Å². The highest BCUT2D eigenvalue weighted by Crippen LogP contribution is 2.26. The van der Waals surface area contributed by atoms with Crippen molar-refractivity contribution >= 4 is 17.7 Å². The molecule has 0 spiro atoms. The Morgan fingerprint density at radius 2 is 1.84 bits per heavy atom. The van der Waals surface area contributed by atoms with Gasteiger partial charge in [0.05, 0.1) is 19.4 Å². The van der Waals surface area contributed by atoms with E-state index in [1.54, 1.807) is 7.11 Å². The van der Waals surface area contributed by atoms with E-state index in [0.29, 0.717) is 13.2 Å². The van der Waals surface area contributed by atoms with E-state index in [1.807, 2.05) is 54.6 Å². The summed E-state index contributed by atoms with van der Waals surface area (Å²) in [5, 5.41) is 12.3. The van der Waals surface area contributed by atoms with Gasteiger partial charge in [-0.05, 0) is 42.8 Å². The molecule has 31 heavy (non-hydrogen) atoms. The molecule has 1 N–H and O–H groups in total. The van der Waals surface area contributed by atoms with Gasteiger partial charge in [-0.15, -0.1) is 10.2 Å². The second-order valence-corrected chi connectivity index (χ2v) is 7.78. The number of ether oxygens (including phenoxy) is 2. The lowest BCUT2D eigenvalue weighted by atomic mass is 10.2. The molecule has 0 aliphatic rings. The third-order valence-electron chi connectivity index (χ3n) is 4.57. The van der Waals surface area contributed by atoms with Crippen LogP contribution >= 0.6 is 11.8 Å². The van der Waals surface area contributed by atoms with Crippen LogP contribution in [0.3, 0.4) is 0 Å². The van der Waals surface area contributed by atoms with Crippen molar-refractivity contribution in [3.8, 4) is 22.9 Å².